The second-order valence-corrected chi connectivity index (χ2v) is 5.15. The molecule has 1 aromatic rings. The van der Waals surface area contributed by atoms with Gasteiger partial charge in [-0.1, -0.05) is 0 Å². The van der Waals surface area contributed by atoms with Crippen LogP contribution in [0, 0.1) is 0 Å². The maximum Gasteiger partial charge on any atom is 0.316 e. The summed E-state index contributed by atoms with van der Waals surface area (Å²) < 4.78 is 15.7. The third-order valence-corrected chi connectivity index (χ3v) is 3.77. The fraction of sp³-hybridized carbons (Fsp3) is 0.462. The molecule has 0 heterocycles. The average Bonchev–Trinajstić information content (AvgIpc) is 2.42. The summed E-state index contributed by atoms with van der Waals surface area (Å²) in [5, 5.41) is 8.39. The second-order valence-electron chi connectivity index (χ2n) is 3.83. The average molecular weight is 286 g/mol. The number of thioether (sulfide) groups is 1. The van der Waals surface area contributed by atoms with Gasteiger partial charge in [0.05, 0.1) is 26.6 Å². The number of rotatable bonds is 7. The molecule has 6 heteroatoms. The van der Waals surface area contributed by atoms with Gasteiger partial charge >= 0.3 is 5.97 Å². The summed E-state index contributed by atoms with van der Waals surface area (Å²) in [4.78, 5) is 10.8. The molecular formula is C13H18O5S. The van der Waals surface area contributed by atoms with Crippen molar-refractivity contribution in [2.75, 3.05) is 21.3 Å². The van der Waals surface area contributed by atoms with Crippen molar-refractivity contribution in [3.63, 3.8) is 0 Å². The Morgan fingerprint density at radius 3 is 2.11 bits per heavy atom. The van der Waals surface area contributed by atoms with Crippen LogP contribution in [0.1, 0.15) is 12.5 Å². The van der Waals surface area contributed by atoms with Gasteiger partial charge in [0.25, 0.3) is 0 Å². The third-order valence-electron chi connectivity index (χ3n) is 2.57. The van der Waals surface area contributed by atoms with Gasteiger partial charge in [0, 0.05) is 5.75 Å². The molecule has 1 aromatic carbocycles. The van der Waals surface area contributed by atoms with E-state index in [1.165, 1.54) is 11.8 Å². The minimum Gasteiger partial charge on any atom is -0.493 e. The van der Waals surface area contributed by atoms with Crippen LogP contribution in [0.2, 0.25) is 0 Å². The van der Waals surface area contributed by atoms with Crippen LogP contribution < -0.4 is 14.2 Å². The number of hydrogen-bond donors (Lipinski definition) is 1. The molecule has 1 atom stereocenters. The maximum atomic E-state index is 10.8. The Morgan fingerprint density at radius 1 is 1.21 bits per heavy atom. The zero-order chi connectivity index (χ0) is 14.4. The summed E-state index contributed by atoms with van der Waals surface area (Å²) in [5.74, 6) is 1.41. The minimum absolute atomic E-state index is 0.459. The summed E-state index contributed by atoms with van der Waals surface area (Å²) in [6, 6.07) is 3.64. The molecule has 0 radical (unpaired) electrons. The Labute approximate surface area is 116 Å². The standard InChI is InChI=1S/C13H18O5S/c1-8(13(14)15)19-7-9-5-10(16-2)12(18-4)11(6-9)17-3/h5-6,8H,7H2,1-4H3,(H,14,15). The number of ether oxygens (including phenoxy) is 3. The van der Waals surface area contributed by atoms with Gasteiger partial charge in [-0.2, -0.15) is 0 Å². The molecule has 0 spiro atoms. The first kappa shape index (κ1) is 15.5. The van der Waals surface area contributed by atoms with Crippen molar-refractivity contribution in [3.05, 3.63) is 17.7 Å². The number of methoxy groups -OCH3 is 3. The largest absolute Gasteiger partial charge is 0.493 e. The lowest BCUT2D eigenvalue weighted by Gasteiger charge is -2.14. The normalized spacial score (nSPS) is 11.8. The van der Waals surface area contributed by atoms with Crippen molar-refractivity contribution < 1.29 is 24.1 Å². The lowest BCUT2D eigenvalue weighted by molar-refractivity contribution is -0.136. The lowest BCUT2D eigenvalue weighted by atomic mass is 10.2. The first-order valence-electron chi connectivity index (χ1n) is 5.66. The molecule has 0 fully saturated rings. The molecule has 0 aliphatic rings. The Hall–Kier alpha value is -1.56. The number of benzene rings is 1. The van der Waals surface area contributed by atoms with Crippen LogP contribution in [0.5, 0.6) is 17.2 Å². The van der Waals surface area contributed by atoms with Crippen LogP contribution in [0.25, 0.3) is 0 Å². The summed E-state index contributed by atoms with van der Waals surface area (Å²) in [7, 11) is 4.64. The number of hydrogen-bond acceptors (Lipinski definition) is 5. The fourth-order valence-corrected chi connectivity index (χ4v) is 2.26. The van der Waals surface area contributed by atoms with Crippen LogP contribution >= 0.6 is 11.8 Å². The minimum atomic E-state index is -0.822. The monoisotopic (exact) mass is 286 g/mol. The number of carbonyl (C=O) groups is 1. The zero-order valence-corrected chi connectivity index (χ0v) is 12.2. The molecule has 0 aromatic heterocycles. The van der Waals surface area contributed by atoms with Gasteiger partial charge in [-0.05, 0) is 24.6 Å². The Kier molecular flexibility index (Phi) is 5.82. The van der Waals surface area contributed by atoms with Crippen molar-refractivity contribution in [2.45, 2.75) is 17.9 Å². The topological polar surface area (TPSA) is 65.0 Å². The van der Waals surface area contributed by atoms with E-state index < -0.39 is 11.2 Å². The van der Waals surface area contributed by atoms with Crippen LogP contribution in [0.15, 0.2) is 12.1 Å². The quantitative estimate of drug-likeness (QED) is 0.830. The smallest absolute Gasteiger partial charge is 0.316 e. The van der Waals surface area contributed by atoms with Crippen molar-refractivity contribution in [1.82, 2.24) is 0 Å². The molecule has 0 bridgehead atoms. The molecule has 1 N–H and O–H groups in total. The molecular weight excluding hydrogens is 268 g/mol. The molecule has 0 aliphatic heterocycles. The van der Waals surface area contributed by atoms with E-state index in [-0.39, 0.29) is 0 Å². The zero-order valence-electron chi connectivity index (χ0n) is 11.4. The number of carboxylic acid groups (broad SMARTS) is 1. The SMILES string of the molecule is COc1cc(CSC(C)C(=O)O)cc(OC)c1OC. The molecule has 0 aliphatic carbocycles. The highest BCUT2D eigenvalue weighted by Gasteiger charge is 2.15. The van der Waals surface area contributed by atoms with Crippen molar-refractivity contribution >= 4 is 17.7 Å². The third kappa shape index (κ3) is 3.96. The van der Waals surface area contributed by atoms with Gasteiger partial charge in [0.2, 0.25) is 5.75 Å². The van der Waals surface area contributed by atoms with Crippen LogP contribution in [-0.2, 0) is 10.5 Å². The second kappa shape index (κ2) is 7.13. The predicted octanol–water partition coefficient (Wildman–Crippen LogP) is 2.42. The molecule has 1 rings (SSSR count). The summed E-state index contributed by atoms with van der Waals surface area (Å²) in [6.45, 7) is 1.66. The van der Waals surface area contributed by atoms with Gasteiger partial charge in [-0.25, -0.2) is 0 Å². The molecule has 19 heavy (non-hydrogen) atoms. The van der Waals surface area contributed by atoms with Gasteiger partial charge in [0.15, 0.2) is 11.5 Å². The fourth-order valence-electron chi connectivity index (χ4n) is 1.51. The van der Waals surface area contributed by atoms with Gasteiger partial charge in [-0.3, -0.25) is 4.79 Å². The molecule has 106 valence electrons. The van der Waals surface area contributed by atoms with Crippen LogP contribution in [0.4, 0.5) is 0 Å². The summed E-state index contributed by atoms with van der Waals surface area (Å²) in [6.07, 6.45) is 0. The van der Waals surface area contributed by atoms with Crippen molar-refractivity contribution in [1.29, 1.82) is 0 Å². The first-order chi connectivity index (χ1) is 9.03. The van der Waals surface area contributed by atoms with E-state index in [1.807, 2.05) is 12.1 Å². The van der Waals surface area contributed by atoms with E-state index >= 15 is 0 Å². The van der Waals surface area contributed by atoms with E-state index in [4.69, 9.17) is 19.3 Å². The highest BCUT2D eigenvalue weighted by molar-refractivity contribution is 7.99. The molecule has 5 nitrogen and oxygen atoms in total. The summed E-state index contributed by atoms with van der Waals surface area (Å²) in [5.41, 5.74) is 0.924. The number of carboxylic acids is 1. The molecule has 0 amide bonds. The Balaban J connectivity index is 2.93. The first-order valence-corrected chi connectivity index (χ1v) is 6.71. The number of aliphatic carboxylic acids is 1. The molecule has 0 saturated carbocycles. The van der Waals surface area contributed by atoms with Gasteiger partial charge in [0.1, 0.15) is 0 Å². The van der Waals surface area contributed by atoms with Crippen molar-refractivity contribution in [2.24, 2.45) is 0 Å². The van der Waals surface area contributed by atoms with Gasteiger partial charge in [-0.15, -0.1) is 11.8 Å². The molecule has 0 saturated heterocycles. The van der Waals surface area contributed by atoms with E-state index in [2.05, 4.69) is 0 Å². The van der Waals surface area contributed by atoms with E-state index in [0.717, 1.165) is 5.56 Å². The van der Waals surface area contributed by atoms with Crippen molar-refractivity contribution in [3.8, 4) is 17.2 Å². The molecule has 1 unspecified atom stereocenters. The highest BCUT2D eigenvalue weighted by atomic mass is 32.2. The van der Waals surface area contributed by atoms with E-state index in [9.17, 15) is 4.79 Å². The maximum absolute atomic E-state index is 10.8. The summed E-state index contributed by atoms with van der Waals surface area (Å²) >= 11 is 1.34. The van der Waals surface area contributed by atoms with E-state index in [1.54, 1.807) is 28.3 Å². The lowest BCUT2D eigenvalue weighted by Crippen LogP contribution is -2.11. The van der Waals surface area contributed by atoms with Gasteiger partial charge < -0.3 is 19.3 Å². The van der Waals surface area contributed by atoms with Crippen LogP contribution in [0.3, 0.4) is 0 Å². The Bertz CT molecular complexity index is 422. The van der Waals surface area contributed by atoms with E-state index in [0.29, 0.717) is 23.0 Å². The highest BCUT2D eigenvalue weighted by Crippen LogP contribution is 2.39. The van der Waals surface area contributed by atoms with Crippen LogP contribution in [-0.4, -0.2) is 37.7 Å². The Morgan fingerprint density at radius 2 is 1.74 bits per heavy atom. The predicted molar refractivity (Wildman–Crippen MR) is 74.5 cm³/mol.